The minimum Gasteiger partial charge on any atom is -0.453 e. The van der Waals surface area contributed by atoms with Gasteiger partial charge < -0.3 is 39.9 Å². The largest absolute Gasteiger partial charge is 0.453 e. The number of fused-ring (bicyclic) bond motifs is 1. The molecule has 350 valence electrons. The summed E-state index contributed by atoms with van der Waals surface area (Å²) in [5.74, 6) is 1.05. The second-order valence-electron chi connectivity index (χ2n) is 20.2. The van der Waals surface area contributed by atoms with E-state index < -0.39 is 24.3 Å². The van der Waals surface area contributed by atoms with Gasteiger partial charge in [0, 0.05) is 13.1 Å². The van der Waals surface area contributed by atoms with E-state index in [2.05, 4.69) is 92.7 Å². The topological polar surface area (TPSA) is 175 Å². The highest BCUT2D eigenvalue weighted by molar-refractivity contribution is 5.91. The molecule has 5 aliphatic rings. The van der Waals surface area contributed by atoms with Crippen molar-refractivity contribution in [3.8, 4) is 44.8 Å². The van der Waals surface area contributed by atoms with Crippen molar-refractivity contribution in [2.24, 2.45) is 22.7 Å². The molecule has 4 N–H and O–H groups in total. The quantitative estimate of drug-likeness (QED) is 0.0879. The Morgan fingerprint density at radius 1 is 0.603 bits per heavy atom. The second-order valence-corrected chi connectivity index (χ2v) is 20.2. The molecule has 3 aliphatic carbocycles. The average Bonchev–Trinajstić information content (AvgIpc) is 3.92. The van der Waals surface area contributed by atoms with Crippen LogP contribution in [0.4, 0.5) is 9.59 Å². The highest BCUT2D eigenvalue weighted by atomic mass is 16.5. The first-order chi connectivity index (χ1) is 32.8. The van der Waals surface area contributed by atoms with Crippen LogP contribution in [0.1, 0.15) is 101 Å². The predicted octanol–water partition coefficient (Wildman–Crippen LogP) is 9.46. The van der Waals surface area contributed by atoms with Gasteiger partial charge in [-0.2, -0.15) is 0 Å². The maximum Gasteiger partial charge on any atom is 0.407 e. The summed E-state index contributed by atoms with van der Waals surface area (Å²) in [7, 11) is 2.61. The molecule has 2 aromatic heterocycles. The highest BCUT2D eigenvalue weighted by Gasteiger charge is 2.56. The molecule has 5 aromatic rings. The Morgan fingerprint density at radius 3 is 1.31 bits per heavy atom. The molecular weight excluding hydrogens is 857 g/mol. The number of ether oxygens (including phenoxy) is 2. The molecule has 10 rings (SSSR count). The van der Waals surface area contributed by atoms with Gasteiger partial charge in [-0.05, 0) is 118 Å². The number of aromatic nitrogens is 4. The Kier molecular flexibility index (Phi) is 11.5. The minimum atomic E-state index is -0.696. The van der Waals surface area contributed by atoms with Gasteiger partial charge in [0.1, 0.15) is 23.7 Å². The Balaban J connectivity index is 0.851. The third kappa shape index (κ3) is 8.43. The summed E-state index contributed by atoms with van der Waals surface area (Å²) >= 11 is 0. The number of alkyl carbamates (subject to hydrolysis) is 2. The molecule has 2 saturated heterocycles. The van der Waals surface area contributed by atoms with Crippen LogP contribution < -0.4 is 10.6 Å². The smallest absolute Gasteiger partial charge is 0.407 e. The number of benzene rings is 3. The number of carbonyl (C=O) groups excluding carboxylic acids is 4. The summed E-state index contributed by atoms with van der Waals surface area (Å²) in [5.41, 5.74) is 16.7. The molecule has 4 fully saturated rings. The van der Waals surface area contributed by atoms with Gasteiger partial charge in [-0.15, -0.1) is 0 Å². The first kappa shape index (κ1) is 44.7. The van der Waals surface area contributed by atoms with Gasteiger partial charge in [-0.1, -0.05) is 99.8 Å². The molecule has 0 bridgehead atoms. The number of rotatable bonds is 12. The Hall–Kier alpha value is -7.14. The van der Waals surface area contributed by atoms with E-state index in [0.29, 0.717) is 13.1 Å². The fourth-order valence-electron chi connectivity index (χ4n) is 10.5. The normalized spacial score (nSPS) is 19.9. The fraction of sp³-hybridized carbons (Fsp3) is 0.407. The molecule has 2 aliphatic heterocycles. The van der Waals surface area contributed by atoms with E-state index in [1.165, 1.54) is 14.2 Å². The van der Waals surface area contributed by atoms with Crippen molar-refractivity contribution >= 4 is 36.2 Å². The van der Waals surface area contributed by atoms with Crippen LogP contribution in [0.5, 0.6) is 0 Å². The molecule has 4 amide bonds. The van der Waals surface area contributed by atoms with Crippen molar-refractivity contribution in [2.75, 3.05) is 27.3 Å². The highest BCUT2D eigenvalue weighted by Crippen LogP contribution is 2.59. The molecule has 3 aromatic carbocycles. The molecular formula is C54H58N8O6. The summed E-state index contributed by atoms with van der Waals surface area (Å²) in [4.78, 5) is 72.8. The number of hydrogen-bond acceptors (Lipinski definition) is 8. The van der Waals surface area contributed by atoms with Gasteiger partial charge in [0.25, 0.3) is 0 Å². The zero-order valence-electron chi connectivity index (χ0n) is 39.4. The Morgan fingerprint density at radius 2 is 0.971 bits per heavy atom. The van der Waals surface area contributed by atoms with Crippen LogP contribution in [0.25, 0.3) is 56.9 Å². The van der Waals surface area contributed by atoms with E-state index in [1.807, 2.05) is 62.0 Å². The van der Waals surface area contributed by atoms with Gasteiger partial charge in [0.05, 0.1) is 50.1 Å². The van der Waals surface area contributed by atoms with E-state index >= 15 is 0 Å². The molecule has 68 heavy (non-hydrogen) atoms. The third-order valence-corrected chi connectivity index (χ3v) is 14.9. The lowest BCUT2D eigenvalue weighted by atomic mass is 9.87. The number of nitrogens with zero attached hydrogens (tertiary/aromatic N) is 4. The van der Waals surface area contributed by atoms with E-state index in [-0.39, 0.29) is 46.6 Å². The number of carbonyl (C=O) groups is 4. The molecule has 2 spiro atoms. The number of H-pyrrole nitrogens is 2. The maximum absolute atomic E-state index is 14.0. The number of likely N-dealkylation sites (tertiary alicyclic amines) is 2. The standard InChI is InChI=1S/C54H58N8O6/c1-31(2)45(59-51(65)67-5)49(63)61-29-53(21-22-53)25-43(61)47-55-27-41(57-47)35-15-11-33(12-16-35)37-19-20-38(40-10-8-7-9-39(37)40)34-13-17-36(18-14-34)42-28-56-48(58-42)44-26-54(23-24-54)30-62(44)50(64)46(32(3)4)60-52(66)68-6/h9-20,27-28,31-32,43-46H,21-26,29-30H2,1-6H3,(H,55,57)(H,56,58)(H,59,65)(H,60,66)/t43-,44-,45-,46-/m0/s1. The van der Waals surface area contributed by atoms with Crippen LogP contribution in [0.15, 0.2) is 84.5 Å². The van der Waals surface area contributed by atoms with Crippen molar-refractivity contribution < 1.29 is 28.7 Å². The number of methoxy groups -OCH3 is 2. The number of aromatic amines is 2. The van der Waals surface area contributed by atoms with Crippen LogP contribution in [0.3, 0.4) is 0 Å². The Bertz CT molecular complexity index is 2700. The van der Waals surface area contributed by atoms with E-state index in [0.717, 1.165) is 106 Å². The zero-order valence-corrected chi connectivity index (χ0v) is 39.4. The van der Waals surface area contributed by atoms with Crippen LogP contribution in [-0.2, 0) is 19.1 Å². The number of nitrogens with one attached hydrogen (secondary N) is 4. The lowest BCUT2D eigenvalue weighted by Crippen LogP contribution is -2.51. The third-order valence-electron chi connectivity index (χ3n) is 14.9. The lowest BCUT2D eigenvalue weighted by molar-refractivity contribution is -0.136. The van der Waals surface area contributed by atoms with Crippen LogP contribution >= 0.6 is 0 Å². The summed E-state index contributed by atoms with van der Waals surface area (Å²) < 4.78 is 9.67. The summed E-state index contributed by atoms with van der Waals surface area (Å²) in [6.45, 7) is 9.01. The van der Waals surface area contributed by atoms with Crippen molar-refractivity contribution in [3.05, 3.63) is 107 Å². The predicted molar refractivity (Wildman–Crippen MR) is 258 cm³/mol. The first-order valence-electron chi connectivity index (χ1n) is 23.7. The lowest BCUT2D eigenvalue weighted by Gasteiger charge is -2.30. The fourth-order valence-corrected chi connectivity index (χ4v) is 10.5. The summed E-state index contributed by atoms with van der Waals surface area (Å²) in [5, 5.41) is 5.52. The van der Waals surface area contributed by atoms with Crippen molar-refractivity contribution in [1.82, 2.24) is 40.4 Å². The van der Waals surface area contributed by atoms with Crippen molar-refractivity contribution in [2.45, 2.75) is 90.4 Å². The van der Waals surface area contributed by atoms with Gasteiger partial charge in [-0.3, -0.25) is 9.59 Å². The molecule has 0 unspecified atom stereocenters. The van der Waals surface area contributed by atoms with E-state index in [9.17, 15) is 19.2 Å². The molecule has 4 heterocycles. The molecule has 14 nitrogen and oxygen atoms in total. The van der Waals surface area contributed by atoms with Crippen molar-refractivity contribution in [3.63, 3.8) is 0 Å². The minimum absolute atomic E-state index is 0.109. The molecule has 14 heteroatoms. The Labute approximate surface area is 396 Å². The second kappa shape index (κ2) is 17.5. The summed E-state index contributed by atoms with van der Waals surface area (Å²) in [6, 6.07) is 19.4. The zero-order chi connectivity index (χ0) is 47.5. The van der Waals surface area contributed by atoms with Gasteiger partial charge in [0.15, 0.2) is 0 Å². The first-order valence-corrected chi connectivity index (χ1v) is 23.7. The molecule has 2 saturated carbocycles. The van der Waals surface area contributed by atoms with Gasteiger partial charge in [0.2, 0.25) is 11.8 Å². The van der Waals surface area contributed by atoms with Gasteiger partial charge >= 0.3 is 12.2 Å². The van der Waals surface area contributed by atoms with E-state index in [1.54, 1.807) is 0 Å². The van der Waals surface area contributed by atoms with E-state index in [4.69, 9.17) is 19.4 Å². The summed E-state index contributed by atoms with van der Waals surface area (Å²) in [6.07, 6.45) is 12.4. The van der Waals surface area contributed by atoms with Crippen molar-refractivity contribution in [1.29, 1.82) is 0 Å². The number of amides is 4. The van der Waals surface area contributed by atoms with Crippen LogP contribution in [-0.4, -0.2) is 93.1 Å². The molecule has 4 atom stereocenters. The SMILES string of the molecule is COC(=O)N[C@H](C(=O)N1CC2(CC2)C[C@H]1c1ncc(-c2ccc(-c3ccc(-c4ccc(-c5cnc([C@@H]6CC7(CC7)CN6C(=O)[C@@H](NC(=O)OC)C(C)C)[nH]5)cc4)c4c3C=C=C=C4)cc2)[nH]1)C(C)C. The maximum atomic E-state index is 14.0. The monoisotopic (exact) mass is 914 g/mol. The van der Waals surface area contributed by atoms with Gasteiger partial charge in [-0.25, -0.2) is 19.6 Å². The number of imidazole rings is 2. The van der Waals surface area contributed by atoms with Crippen LogP contribution in [0.2, 0.25) is 0 Å². The average molecular weight is 915 g/mol. The molecule has 0 radical (unpaired) electrons. The van der Waals surface area contributed by atoms with Crippen LogP contribution in [0, 0.1) is 22.7 Å². The number of hydrogen-bond donors (Lipinski definition) is 4.